The fraction of sp³-hybridized carbons (Fsp3) is 0.500. The Balaban J connectivity index is 2.53. The first kappa shape index (κ1) is 11.6. The van der Waals surface area contributed by atoms with Gasteiger partial charge in [-0.3, -0.25) is 0 Å². The Bertz CT molecular complexity index is 294. The van der Waals surface area contributed by atoms with Crippen LogP contribution in [0.15, 0.2) is 22.7 Å². The summed E-state index contributed by atoms with van der Waals surface area (Å²) in [5, 5.41) is 3.44. The normalized spacial score (nSPS) is 10.6. The number of rotatable bonds is 4. The molecule has 0 spiro atoms. The number of aryl methyl sites for hydroxylation is 1. The van der Waals surface area contributed by atoms with Crippen LogP contribution in [0.4, 0.5) is 5.69 Å². The molecule has 0 radical (unpaired) electrons. The molecule has 0 aliphatic carbocycles. The molecule has 0 unspecified atom stereocenters. The molecule has 0 atom stereocenters. The van der Waals surface area contributed by atoms with Crippen LogP contribution in [0.25, 0.3) is 0 Å². The van der Waals surface area contributed by atoms with Crippen LogP contribution in [-0.4, -0.2) is 6.54 Å². The van der Waals surface area contributed by atoms with Crippen molar-refractivity contribution in [3.05, 3.63) is 28.2 Å². The number of hydrogen-bond acceptors (Lipinski definition) is 1. The quantitative estimate of drug-likeness (QED) is 0.850. The van der Waals surface area contributed by atoms with Crippen molar-refractivity contribution in [3.63, 3.8) is 0 Å². The lowest BCUT2D eigenvalue weighted by Crippen LogP contribution is -2.05. The van der Waals surface area contributed by atoms with Gasteiger partial charge in [0.2, 0.25) is 0 Å². The monoisotopic (exact) mass is 255 g/mol. The molecule has 0 amide bonds. The number of anilines is 1. The molecule has 0 aliphatic rings. The lowest BCUT2D eigenvalue weighted by molar-refractivity contribution is 0.607. The van der Waals surface area contributed by atoms with Crippen molar-refractivity contribution in [2.24, 2.45) is 5.92 Å². The highest BCUT2D eigenvalue weighted by Gasteiger charge is 1.99. The Kier molecular flexibility index (Phi) is 4.46. The van der Waals surface area contributed by atoms with E-state index in [1.807, 2.05) is 0 Å². The molecule has 1 nitrogen and oxygen atoms in total. The van der Waals surface area contributed by atoms with Crippen molar-refractivity contribution in [3.8, 4) is 0 Å². The van der Waals surface area contributed by atoms with E-state index in [1.165, 1.54) is 17.7 Å². The van der Waals surface area contributed by atoms with Crippen LogP contribution in [0.3, 0.4) is 0 Å². The van der Waals surface area contributed by atoms with Gasteiger partial charge in [0, 0.05) is 16.7 Å². The van der Waals surface area contributed by atoms with Crippen molar-refractivity contribution in [2.45, 2.75) is 27.2 Å². The van der Waals surface area contributed by atoms with Crippen LogP contribution in [0.5, 0.6) is 0 Å². The first-order valence-electron chi connectivity index (χ1n) is 5.09. The minimum Gasteiger partial charge on any atom is -0.384 e. The van der Waals surface area contributed by atoms with Crippen molar-refractivity contribution in [1.29, 1.82) is 0 Å². The zero-order chi connectivity index (χ0) is 10.6. The Hall–Kier alpha value is -0.500. The van der Waals surface area contributed by atoms with Gasteiger partial charge in [0.1, 0.15) is 0 Å². The summed E-state index contributed by atoms with van der Waals surface area (Å²) in [4.78, 5) is 0. The van der Waals surface area contributed by atoms with E-state index < -0.39 is 0 Å². The van der Waals surface area contributed by atoms with Gasteiger partial charge in [0.15, 0.2) is 0 Å². The fourth-order valence-electron chi connectivity index (χ4n) is 1.27. The molecule has 0 aromatic heterocycles. The fourth-order valence-corrected chi connectivity index (χ4v) is 1.66. The van der Waals surface area contributed by atoms with E-state index in [4.69, 9.17) is 0 Å². The maximum atomic E-state index is 3.54. The number of halogens is 1. The predicted molar refractivity (Wildman–Crippen MR) is 66.8 cm³/mol. The van der Waals surface area contributed by atoms with Gasteiger partial charge in [-0.15, -0.1) is 0 Å². The first-order chi connectivity index (χ1) is 6.59. The van der Waals surface area contributed by atoms with Gasteiger partial charge in [0.05, 0.1) is 0 Å². The number of nitrogens with one attached hydrogen (secondary N) is 1. The van der Waals surface area contributed by atoms with Gasteiger partial charge in [-0.05, 0) is 52.9 Å². The molecular formula is C12H18BrN. The number of hydrogen-bond donors (Lipinski definition) is 1. The van der Waals surface area contributed by atoms with Crippen LogP contribution in [0, 0.1) is 12.8 Å². The summed E-state index contributed by atoms with van der Waals surface area (Å²) in [5.41, 5.74) is 2.49. The van der Waals surface area contributed by atoms with Crippen molar-refractivity contribution in [1.82, 2.24) is 0 Å². The largest absolute Gasteiger partial charge is 0.384 e. The minimum atomic E-state index is 0.756. The van der Waals surface area contributed by atoms with Gasteiger partial charge < -0.3 is 5.32 Å². The molecule has 1 N–H and O–H groups in total. The van der Waals surface area contributed by atoms with Crippen molar-refractivity contribution in [2.75, 3.05) is 11.9 Å². The SMILES string of the molecule is Cc1ccc(Br)c(NCCC(C)C)c1. The maximum Gasteiger partial charge on any atom is 0.0487 e. The van der Waals surface area contributed by atoms with E-state index in [1.54, 1.807) is 0 Å². The van der Waals surface area contributed by atoms with Crippen LogP contribution >= 0.6 is 15.9 Å². The molecule has 1 rings (SSSR count). The van der Waals surface area contributed by atoms with Crippen LogP contribution in [-0.2, 0) is 0 Å². The average Bonchev–Trinajstić information content (AvgIpc) is 2.10. The predicted octanol–water partition coefficient (Wildman–Crippen LogP) is 4.22. The summed E-state index contributed by atoms with van der Waals surface area (Å²) < 4.78 is 1.15. The Labute approximate surface area is 95.0 Å². The van der Waals surface area contributed by atoms with E-state index in [0.717, 1.165) is 16.9 Å². The van der Waals surface area contributed by atoms with Gasteiger partial charge in [0.25, 0.3) is 0 Å². The third-order valence-corrected chi connectivity index (χ3v) is 2.85. The van der Waals surface area contributed by atoms with E-state index in [-0.39, 0.29) is 0 Å². The highest BCUT2D eigenvalue weighted by Crippen LogP contribution is 2.23. The molecule has 14 heavy (non-hydrogen) atoms. The van der Waals surface area contributed by atoms with E-state index in [9.17, 15) is 0 Å². The Morgan fingerprint density at radius 3 is 2.71 bits per heavy atom. The highest BCUT2D eigenvalue weighted by atomic mass is 79.9. The highest BCUT2D eigenvalue weighted by molar-refractivity contribution is 9.10. The van der Waals surface area contributed by atoms with E-state index in [2.05, 4.69) is 60.2 Å². The zero-order valence-corrected chi connectivity index (χ0v) is 10.7. The average molecular weight is 256 g/mol. The summed E-state index contributed by atoms with van der Waals surface area (Å²) in [6, 6.07) is 6.37. The van der Waals surface area contributed by atoms with Crippen LogP contribution in [0.2, 0.25) is 0 Å². The zero-order valence-electron chi connectivity index (χ0n) is 9.10. The molecule has 0 fully saturated rings. The molecule has 0 heterocycles. The maximum absolute atomic E-state index is 3.54. The lowest BCUT2D eigenvalue weighted by atomic mass is 10.1. The molecule has 2 heteroatoms. The molecule has 0 aliphatic heterocycles. The third kappa shape index (κ3) is 3.70. The van der Waals surface area contributed by atoms with E-state index in [0.29, 0.717) is 0 Å². The van der Waals surface area contributed by atoms with Crippen LogP contribution < -0.4 is 5.32 Å². The Morgan fingerprint density at radius 2 is 2.07 bits per heavy atom. The smallest absolute Gasteiger partial charge is 0.0487 e. The van der Waals surface area contributed by atoms with Gasteiger partial charge >= 0.3 is 0 Å². The molecule has 0 bridgehead atoms. The van der Waals surface area contributed by atoms with Gasteiger partial charge in [-0.25, -0.2) is 0 Å². The molecule has 78 valence electrons. The first-order valence-corrected chi connectivity index (χ1v) is 5.89. The molecule has 1 aromatic carbocycles. The molecule has 1 aromatic rings. The van der Waals surface area contributed by atoms with Gasteiger partial charge in [-0.2, -0.15) is 0 Å². The van der Waals surface area contributed by atoms with E-state index >= 15 is 0 Å². The van der Waals surface area contributed by atoms with Crippen molar-refractivity contribution >= 4 is 21.6 Å². The summed E-state index contributed by atoms with van der Waals surface area (Å²) in [6.07, 6.45) is 1.21. The summed E-state index contributed by atoms with van der Waals surface area (Å²) in [5.74, 6) is 0.756. The summed E-state index contributed by atoms with van der Waals surface area (Å²) >= 11 is 3.54. The van der Waals surface area contributed by atoms with Crippen LogP contribution in [0.1, 0.15) is 25.8 Å². The number of benzene rings is 1. The molecule has 0 saturated heterocycles. The summed E-state index contributed by atoms with van der Waals surface area (Å²) in [6.45, 7) is 7.64. The molecule has 0 saturated carbocycles. The second-order valence-electron chi connectivity index (χ2n) is 4.09. The standard InChI is InChI=1S/C12H18BrN/c1-9(2)6-7-14-12-8-10(3)4-5-11(12)13/h4-5,8-9,14H,6-7H2,1-3H3. The van der Waals surface area contributed by atoms with Crippen molar-refractivity contribution < 1.29 is 0 Å². The lowest BCUT2D eigenvalue weighted by Gasteiger charge is -2.10. The topological polar surface area (TPSA) is 12.0 Å². The third-order valence-electron chi connectivity index (χ3n) is 2.16. The summed E-state index contributed by atoms with van der Waals surface area (Å²) in [7, 11) is 0. The Morgan fingerprint density at radius 1 is 1.36 bits per heavy atom. The minimum absolute atomic E-state index is 0.756. The second-order valence-corrected chi connectivity index (χ2v) is 4.95. The second kappa shape index (κ2) is 5.40. The molecular weight excluding hydrogens is 238 g/mol. The van der Waals surface area contributed by atoms with Gasteiger partial charge in [-0.1, -0.05) is 19.9 Å².